The lowest BCUT2D eigenvalue weighted by atomic mass is 10.4. The largest absolute Gasteiger partial charge is 0.351 e. The van der Waals surface area contributed by atoms with Gasteiger partial charge in [-0.05, 0) is 12.1 Å². The van der Waals surface area contributed by atoms with Gasteiger partial charge in [-0.2, -0.15) is 0 Å². The SMILES string of the molecule is C#CCN=C(NC(N)=O)Nc1ncccc1Cl. The topological polar surface area (TPSA) is 92.4 Å². The first kappa shape index (κ1) is 12.8. The molecule has 1 rings (SSSR count). The number of pyridine rings is 1. The van der Waals surface area contributed by atoms with Crippen molar-refractivity contribution in [1.29, 1.82) is 0 Å². The van der Waals surface area contributed by atoms with E-state index in [1.807, 2.05) is 0 Å². The van der Waals surface area contributed by atoms with Crippen LogP contribution < -0.4 is 16.4 Å². The van der Waals surface area contributed by atoms with Crippen LogP contribution in [0.3, 0.4) is 0 Å². The number of anilines is 1. The quantitative estimate of drug-likeness (QED) is 0.412. The molecule has 17 heavy (non-hydrogen) atoms. The Hall–Kier alpha value is -2.26. The van der Waals surface area contributed by atoms with Crippen LogP contribution in [0.1, 0.15) is 0 Å². The van der Waals surface area contributed by atoms with E-state index in [0.29, 0.717) is 10.8 Å². The van der Waals surface area contributed by atoms with Gasteiger partial charge in [0.05, 0.1) is 5.02 Å². The Kier molecular flexibility index (Phi) is 4.78. The van der Waals surface area contributed by atoms with Crippen LogP contribution >= 0.6 is 11.6 Å². The van der Waals surface area contributed by atoms with Crippen LogP contribution in [-0.2, 0) is 0 Å². The summed E-state index contributed by atoms with van der Waals surface area (Å²) in [7, 11) is 0. The van der Waals surface area contributed by atoms with Crippen molar-refractivity contribution in [3.05, 3.63) is 23.4 Å². The average Bonchev–Trinajstić information content (AvgIpc) is 2.28. The maximum atomic E-state index is 10.7. The Labute approximate surface area is 103 Å². The second kappa shape index (κ2) is 6.35. The number of rotatable bonds is 2. The summed E-state index contributed by atoms with van der Waals surface area (Å²) >= 11 is 5.87. The van der Waals surface area contributed by atoms with Crippen molar-refractivity contribution in [3.63, 3.8) is 0 Å². The molecule has 4 N–H and O–H groups in total. The van der Waals surface area contributed by atoms with E-state index in [1.54, 1.807) is 12.1 Å². The van der Waals surface area contributed by atoms with Crippen LogP contribution in [0.15, 0.2) is 23.3 Å². The lowest BCUT2D eigenvalue weighted by Gasteiger charge is -2.09. The van der Waals surface area contributed by atoms with E-state index in [1.165, 1.54) is 6.20 Å². The van der Waals surface area contributed by atoms with Gasteiger partial charge in [-0.3, -0.25) is 5.32 Å². The average molecular weight is 252 g/mol. The molecule has 0 saturated carbocycles. The van der Waals surface area contributed by atoms with Gasteiger partial charge in [0.15, 0.2) is 5.82 Å². The zero-order valence-electron chi connectivity index (χ0n) is 8.77. The van der Waals surface area contributed by atoms with E-state index >= 15 is 0 Å². The number of aliphatic imine (C=N–C) groups is 1. The van der Waals surface area contributed by atoms with Gasteiger partial charge in [-0.25, -0.2) is 14.8 Å². The lowest BCUT2D eigenvalue weighted by Crippen LogP contribution is -2.39. The minimum atomic E-state index is -0.764. The number of carbonyl (C=O) groups excluding carboxylic acids is 1. The highest BCUT2D eigenvalue weighted by Gasteiger charge is 2.06. The van der Waals surface area contributed by atoms with Gasteiger partial charge < -0.3 is 11.1 Å². The Morgan fingerprint density at radius 2 is 2.47 bits per heavy atom. The molecule has 0 spiro atoms. The van der Waals surface area contributed by atoms with Crippen LogP contribution in [0.5, 0.6) is 0 Å². The summed E-state index contributed by atoms with van der Waals surface area (Å²) in [6, 6.07) is 2.55. The third-order valence-corrected chi connectivity index (χ3v) is 1.87. The molecule has 88 valence electrons. The normalized spacial score (nSPS) is 10.5. The number of aromatic nitrogens is 1. The summed E-state index contributed by atoms with van der Waals surface area (Å²) in [5.74, 6) is 2.74. The monoisotopic (exact) mass is 251 g/mol. The van der Waals surface area contributed by atoms with Crippen molar-refractivity contribution in [2.24, 2.45) is 10.7 Å². The predicted octanol–water partition coefficient (Wildman–Crippen LogP) is 0.804. The van der Waals surface area contributed by atoms with Crippen molar-refractivity contribution < 1.29 is 4.79 Å². The molecule has 0 fully saturated rings. The van der Waals surface area contributed by atoms with Crippen molar-refractivity contribution in [2.75, 3.05) is 11.9 Å². The van der Waals surface area contributed by atoms with E-state index in [9.17, 15) is 4.79 Å². The number of guanidine groups is 1. The van der Waals surface area contributed by atoms with Crippen LogP contribution in [0.25, 0.3) is 0 Å². The number of amides is 2. The summed E-state index contributed by atoms with van der Waals surface area (Å²) in [5, 5.41) is 5.37. The van der Waals surface area contributed by atoms with Crippen molar-refractivity contribution in [3.8, 4) is 12.3 Å². The molecular weight excluding hydrogens is 242 g/mol. The Balaban J connectivity index is 2.83. The molecule has 1 heterocycles. The number of hydrogen-bond acceptors (Lipinski definition) is 3. The van der Waals surface area contributed by atoms with Gasteiger partial charge in [0.1, 0.15) is 6.54 Å². The molecule has 0 aromatic carbocycles. The second-order valence-corrected chi connectivity index (χ2v) is 3.22. The number of hydrogen-bond donors (Lipinski definition) is 3. The molecule has 1 aromatic rings. The Morgan fingerprint density at radius 3 is 3.06 bits per heavy atom. The van der Waals surface area contributed by atoms with Crippen LogP contribution in [0, 0.1) is 12.3 Å². The number of carbonyl (C=O) groups is 1. The van der Waals surface area contributed by atoms with Crippen LogP contribution in [0.4, 0.5) is 10.6 Å². The van der Waals surface area contributed by atoms with Crippen LogP contribution in [-0.4, -0.2) is 23.5 Å². The maximum absolute atomic E-state index is 10.7. The van der Waals surface area contributed by atoms with E-state index < -0.39 is 6.03 Å². The molecule has 2 amide bonds. The number of urea groups is 1. The third-order valence-electron chi connectivity index (χ3n) is 1.57. The molecule has 0 bridgehead atoms. The fourth-order valence-corrected chi connectivity index (χ4v) is 1.11. The molecule has 7 heteroatoms. The summed E-state index contributed by atoms with van der Waals surface area (Å²) in [5.41, 5.74) is 4.98. The number of nitrogens with zero attached hydrogens (tertiary/aromatic N) is 2. The number of halogens is 1. The van der Waals surface area contributed by atoms with E-state index in [2.05, 4.69) is 26.5 Å². The van der Waals surface area contributed by atoms with Gasteiger partial charge in [-0.1, -0.05) is 17.5 Å². The Bertz CT molecular complexity index is 480. The van der Waals surface area contributed by atoms with Gasteiger partial charge >= 0.3 is 6.03 Å². The van der Waals surface area contributed by atoms with E-state index in [0.717, 1.165) is 0 Å². The standard InChI is InChI=1S/C10H10ClN5O/c1-2-5-14-10(16-9(12)17)15-8-7(11)4-3-6-13-8/h1,3-4,6H,5H2,(H4,12,13,14,15,16,17). The molecule has 0 atom stereocenters. The molecule has 0 saturated heterocycles. The summed E-state index contributed by atoms with van der Waals surface area (Å²) < 4.78 is 0. The number of terminal acetylenes is 1. The number of primary amides is 1. The van der Waals surface area contributed by atoms with E-state index in [4.69, 9.17) is 23.8 Å². The van der Waals surface area contributed by atoms with Crippen molar-refractivity contribution in [2.45, 2.75) is 0 Å². The highest BCUT2D eigenvalue weighted by atomic mass is 35.5. The summed E-state index contributed by atoms with van der Waals surface area (Å²) in [6.07, 6.45) is 6.60. The molecule has 6 nitrogen and oxygen atoms in total. The van der Waals surface area contributed by atoms with Gasteiger partial charge in [0, 0.05) is 6.20 Å². The van der Waals surface area contributed by atoms with Gasteiger partial charge in [0.2, 0.25) is 5.96 Å². The van der Waals surface area contributed by atoms with Crippen molar-refractivity contribution >= 4 is 29.4 Å². The maximum Gasteiger partial charge on any atom is 0.318 e. The molecule has 0 aliphatic rings. The first-order valence-corrected chi connectivity index (χ1v) is 4.93. The molecule has 0 radical (unpaired) electrons. The zero-order chi connectivity index (χ0) is 12.7. The fraction of sp³-hybridized carbons (Fsp3) is 0.100. The Morgan fingerprint density at radius 1 is 1.71 bits per heavy atom. The van der Waals surface area contributed by atoms with Crippen molar-refractivity contribution in [1.82, 2.24) is 10.3 Å². The lowest BCUT2D eigenvalue weighted by molar-refractivity contribution is 0.253. The summed E-state index contributed by atoms with van der Waals surface area (Å²) in [4.78, 5) is 18.6. The predicted molar refractivity (Wildman–Crippen MR) is 66.7 cm³/mol. The molecule has 0 unspecified atom stereocenters. The van der Waals surface area contributed by atoms with Crippen LogP contribution in [0.2, 0.25) is 5.02 Å². The zero-order valence-corrected chi connectivity index (χ0v) is 9.53. The summed E-state index contributed by atoms with van der Waals surface area (Å²) in [6.45, 7) is 0.0903. The number of nitrogens with one attached hydrogen (secondary N) is 2. The molecule has 1 aromatic heterocycles. The van der Waals surface area contributed by atoms with Gasteiger partial charge in [-0.15, -0.1) is 6.42 Å². The fourth-order valence-electron chi connectivity index (χ4n) is 0.942. The minimum absolute atomic E-state index is 0.0903. The smallest absolute Gasteiger partial charge is 0.318 e. The highest BCUT2D eigenvalue weighted by Crippen LogP contribution is 2.16. The number of nitrogens with two attached hydrogens (primary N) is 1. The second-order valence-electron chi connectivity index (χ2n) is 2.82. The van der Waals surface area contributed by atoms with E-state index in [-0.39, 0.29) is 12.5 Å². The third kappa shape index (κ3) is 4.40. The molecule has 0 aliphatic heterocycles. The molecule has 0 aliphatic carbocycles. The first-order valence-electron chi connectivity index (χ1n) is 4.55. The van der Waals surface area contributed by atoms with Gasteiger partial charge in [0.25, 0.3) is 0 Å². The highest BCUT2D eigenvalue weighted by molar-refractivity contribution is 6.33. The minimum Gasteiger partial charge on any atom is -0.351 e. The first-order chi connectivity index (χ1) is 8.13. The molecular formula is C10H10ClN5O.